The molecule has 0 bridgehead atoms. The second kappa shape index (κ2) is 12.8. The third-order valence-electron chi connectivity index (χ3n) is 4.34. The Bertz CT molecular complexity index is 603. The maximum absolute atomic E-state index is 5.55. The molecule has 0 unspecified atom stereocenters. The van der Waals surface area contributed by atoms with Crippen LogP contribution >= 0.6 is 24.0 Å². The molecule has 0 spiro atoms. The molecule has 0 amide bonds. The Morgan fingerprint density at radius 2 is 2.04 bits per heavy atom. The number of nitrogens with one attached hydrogen (secondary N) is 2. The predicted molar refractivity (Wildman–Crippen MR) is 119 cm³/mol. The minimum absolute atomic E-state index is 0. The second-order valence-corrected chi connectivity index (χ2v) is 6.13. The van der Waals surface area contributed by atoms with E-state index in [9.17, 15) is 0 Å². The Balaban J connectivity index is 0.00000338. The fourth-order valence-electron chi connectivity index (χ4n) is 2.98. The molecule has 0 saturated carbocycles. The first-order chi connectivity index (χ1) is 12.3. The maximum Gasteiger partial charge on any atom is 0.191 e. The molecule has 146 valence electrons. The molecule has 2 N–H and O–H groups in total. The average molecular weight is 473 g/mol. The highest BCUT2D eigenvalue weighted by Crippen LogP contribution is 2.27. The van der Waals surface area contributed by atoms with Crippen molar-refractivity contribution in [2.24, 2.45) is 4.99 Å². The predicted octanol–water partition coefficient (Wildman–Crippen LogP) is 4.27. The van der Waals surface area contributed by atoms with Gasteiger partial charge in [0.1, 0.15) is 0 Å². The molecule has 0 aromatic heterocycles. The van der Waals surface area contributed by atoms with Crippen molar-refractivity contribution in [2.45, 2.75) is 45.6 Å². The van der Waals surface area contributed by atoms with E-state index in [-0.39, 0.29) is 24.0 Å². The molecule has 0 heterocycles. The number of guanidine groups is 1. The van der Waals surface area contributed by atoms with Gasteiger partial charge in [0.2, 0.25) is 0 Å². The summed E-state index contributed by atoms with van der Waals surface area (Å²) in [5.74, 6) is 2.36. The van der Waals surface area contributed by atoms with Crippen LogP contribution in [0.5, 0.6) is 11.5 Å². The number of nitrogens with zero attached hydrogens (tertiary/aromatic N) is 1. The highest BCUT2D eigenvalue weighted by molar-refractivity contribution is 14.0. The van der Waals surface area contributed by atoms with Crippen molar-refractivity contribution >= 4 is 29.9 Å². The molecule has 1 aromatic rings. The summed E-state index contributed by atoms with van der Waals surface area (Å²) in [6.45, 7) is 4.19. The van der Waals surface area contributed by atoms with E-state index in [2.05, 4.69) is 21.7 Å². The summed E-state index contributed by atoms with van der Waals surface area (Å²) in [7, 11) is 3.46. The lowest BCUT2D eigenvalue weighted by molar-refractivity contribution is 0.310. The van der Waals surface area contributed by atoms with Crippen molar-refractivity contribution in [3.05, 3.63) is 35.4 Å². The maximum atomic E-state index is 5.55. The van der Waals surface area contributed by atoms with Crippen LogP contribution in [0, 0.1) is 0 Å². The lowest BCUT2D eigenvalue weighted by Crippen LogP contribution is -2.37. The number of hydrogen-bond donors (Lipinski definition) is 2. The summed E-state index contributed by atoms with van der Waals surface area (Å²) in [5.41, 5.74) is 2.70. The van der Waals surface area contributed by atoms with Gasteiger partial charge in [-0.3, -0.25) is 4.99 Å². The molecule has 2 rings (SSSR count). The van der Waals surface area contributed by atoms with Gasteiger partial charge in [-0.15, -0.1) is 24.0 Å². The van der Waals surface area contributed by atoms with Gasteiger partial charge in [-0.05, 0) is 56.7 Å². The van der Waals surface area contributed by atoms with Crippen molar-refractivity contribution in [2.75, 3.05) is 27.3 Å². The zero-order chi connectivity index (χ0) is 17.9. The summed E-state index contributed by atoms with van der Waals surface area (Å²) >= 11 is 0. The van der Waals surface area contributed by atoms with Crippen molar-refractivity contribution < 1.29 is 9.47 Å². The van der Waals surface area contributed by atoms with Crippen LogP contribution in [0.15, 0.2) is 34.8 Å². The zero-order valence-corrected chi connectivity index (χ0v) is 18.5. The highest BCUT2D eigenvalue weighted by Gasteiger charge is 2.07. The molecule has 0 aliphatic heterocycles. The summed E-state index contributed by atoms with van der Waals surface area (Å²) in [4.78, 5) is 4.29. The number of allylic oxidation sites excluding steroid dienone is 1. The minimum Gasteiger partial charge on any atom is -0.493 e. The fraction of sp³-hybridized carbons (Fsp3) is 0.550. The fourth-order valence-corrected chi connectivity index (χ4v) is 2.98. The van der Waals surface area contributed by atoms with Gasteiger partial charge in [0.05, 0.1) is 13.7 Å². The summed E-state index contributed by atoms with van der Waals surface area (Å²) < 4.78 is 11.0. The van der Waals surface area contributed by atoms with Gasteiger partial charge in [-0.1, -0.05) is 17.7 Å². The number of aliphatic imine (C=N–C) groups is 1. The number of benzene rings is 1. The van der Waals surface area contributed by atoms with Crippen LogP contribution in [-0.4, -0.2) is 33.3 Å². The van der Waals surface area contributed by atoms with Gasteiger partial charge in [-0.2, -0.15) is 0 Å². The summed E-state index contributed by atoms with van der Waals surface area (Å²) in [5, 5.41) is 6.74. The third kappa shape index (κ3) is 7.43. The van der Waals surface area contributed by atoms with E-state index >= 15 is 0 Å². The molecular weight excluding hydrogens is 441 g/mol. The van der Waals surface area contributed by atoms with Gasteiger partial charge in [0, 0.05) is 20.1 Å². The molecule has 26 heavy (non-hydrogen) atoms. The molecule has 0 radical (unpaired) electrons. The molecule has 5 nitrogen and oxygen atoms in total. The molecule has 0 atom stereocenters. The van der Waals surface area contributed by atoms with Crippen LogP contribution in [-0.2, 0) is 6.54 Å². The lowest BCUT2D eigenvalue weighted by Gasteiger charge is -2.16. The van der Waals surface area contributed by atoms with E-state index in [1.54, 1.807) is 19.7 Å². The monoisotopic (exact) mass is 473 g/mol. The molecule has 1 aliphatic rings. The van der Waals surface area contributed by atoms with E-state index in [1.807, 2.05) is 25.1 Å². The van der Waals surface area contributed by atoms with E-state index in [0.717, 1.165) is 36.0 Å². The molecule has 0 saturated heterocycles. The number of methoxy groups -OCH3 is 1. The number of ether oxygens (including phenoxy) is 2. The van der Waals surface area contributed by atoms with Crippen molar-refractivity contribution in [3.63, 3.8) is 0 Å². The summed E-state index contributed by atoms with van der Waals surface area (Å²) in [6.07, 6.45) is 8.65. The number of rotatable bonds is 8. The Kier molecular flexibility index (Phi) is 11.2. The van der Waals surface area contributed by atoms with Crippen molar-refractivity contribution in [1.82, 2.24) is 10.6 Å². The molecule has 1 aromatic carbocycles. The van der Waals surface area contributed by atoms with E-state index < -0.39 is 0 Å². The molecule has 6 heteroatoms. The van der Waals surface area contributed by atoms with Gasteiger partial charge < -0.3 is 20.1 Å². The van der Waals surface area contributed by atoms with Gasteiger partial charge in [0.25, 0.3) is 0 Å². The Hall–Kier alpha value is -1.44. The van der Waals surface area contributed by atoms with Gasteiger partial charge in [-0.25, -0.2) is 0 Å². The van der Waals surface area contributed by atoms with Crippen molar-refractivity contribution in [3.8, 4) is 11.5 Å². The second-order valence-electron chi connectivity index (χ2n) is 6.13. The van der Waals surface area contributed by atoms with Crippen LogP contribution in [0.25, 0.3) is 0 Å². The molecule has 1 aliphatic carbocycles. The van der Waals surface area contributed by atoms with Crippen molar-refractivity contribution in [1.29, 1.82) is 0 Å². The Labute approximate surface area is 174 Å². The first-order valence-corrected chi connectivity index (χ1v) is 9.19. The summed E-state index contributed by atoms with van der Waals surface area (Å²) in [6, 6.07) is 5.99. The third-order valence-corrected chi connectivity index (χ3v) is 4.34. The normalized spacial score (nSPS) is 14.1. The van der Waals surface area contributed by atoms with Crippen LogP contribution < -0.4 is 20.1 Å². The van der Waals surface area contributed by atoms with Gasteiger partial charge in [0.15, 0.2) is 17.5 Å². The van der Waals surface area contributed by atoms with E-state index in [4.69, 9.17) is 9.47 Å². The van der Waals surface area contributed by atoms with E-state index in [0.29, 0.717) is 13.2 Å². The largest absolute Gasteiger partial charge is 0.493 e. The Morgan fingerprint density at radius 1 is 1.19 bits per heavy atom. The average Bonchev–Trinajstić information content (AvgIpc) is 2.66. The highest BCUT2D eigenvalue weighted by atomic mass is 127. The molecule has 0 fully saturated rings. The van der Waals surface area contributed by atoms with E-state index in [1.165, 1.54) is 25.7 Å². The smallest absolute Gasteiger partial charge is 0.191 e. The quantitative estimate of drug-likeness (QED) is 0.256. The van der Waals surface area contributed by atoms with Crippen LogP contribution in [0.3, 0.4) is 0 Å². The molecular formula is C20H32IN3O2. The van der Waals surface area contributed by atoms with Crippen LogP contribution in [0.2, 0.25) is 0 Å². The first-order valence-electron chi connectivity index (χ1n) is 9.19. The zero-order valence-electron chi connectivity index (χ0n) is 16.1. The lowest BCUT2D eigenvalue weighted by atomic mass is 9.97. The van der Waals surface area contributed by atoms with Crippen LogP contribution in [0.1, 0.15) is 44.6 Å². The van der Waals surface area contributed by atoms with Crippen LogP contribution in [0.4, 0.5) is 0 Å². The minimum atomic E-state index is 0. The SMILES string of the molecule is CCOc1ccc(CNC(=NC)NCCC2=CCCCC2)cc1OC.I. The standard InChI is InChI=1S/C20H31N3O2.HI/c1-4-25-18-11-10-17(14-19(18)24-3)15-23-20(21-2)22-13-12-16-8-6-5-7-9-16;/h8,10-11,14H,4-7,9,12-13,15H2,1-3H3,(H2,21,22,23);1H. The first kappa shape index (κ1) is 22.6. The Morgan fingerprint density at radius 3 is 2.69 bits per heavy atom. The number of halogens is 1. The van der Waals surface area contributed by atoms with Gasteiger partial charge >= 0.3 is 0 Å². The topological polar surface area (TPSA) is 54.9 Å². The number of hydrogen-bond acceptors (Lipinski definition) is 3.